The summed E-state index contributed by atoms with van der Waals surface area (Å²) < 4.78 is 0. The van der Waals surface area contributed by atoms with Crippen LogP contribution in [-0.2, 0) is 0 Å². The standard InChI is InChI=1S/C16H20N2/c1-3-13-5-11(1)7-15(13)9-17-18-10-16-8-12-2-4-14(16)6-12/h1-4,9-16H,5-8H2/b17-9+,18-10?. The van der Waals surface area contributed by atoms with Crippen molar-refractivity contribution in [1.29, 1.82) is 0 Å². The van der Waals surface area contributed by atoms with Crippen molar-refractivity contribution in [3.05, 3.63) is 24.3 Å². The van der Waals surface area contributed by atoms with Crippen molar-refractivity contribution in [3.8, 4) is 0 Å². The fourth-order valence-corrected chi connectivity index (χ4v) is 4.24. The molecule has 4 aliphatic rings. The van der Waals surface area contributed by atoms with Crippen molar-refractivity contribution in [2.24, 2.45) is 45.7 Å². The molecule has 4 rings (SSSR count). The zero-order valence-corrected chi connectivity index (χ0v) is 10.7. The van der Waals surface area contributed by atoms with Crippen molar-refractivity contribution < 1.29 is 0 Å². The minimum atomic E-state index is 0.650. The molecule has 6 atom stereocenters. The molecule has 4 aliphatic carbocycles. The summed E-state index contributed by atoms with van der Waals surface area (Å²) in [4.78, 5) is 0. The molecule has 2 fully saturated rings. The summed E-state index contributed by atoms with van der Waals surface area (Å²) in [6, 6.07) is 0. The van der Waals surface area contributed by atoms with E-state index in [1.807, 2.05) is 0 Å². The summed E-state index contributed by atoms with van der Waals surface area (Å²) in [7, 11) is 0. The molecule has 0 heterocycles. The second kappa shape index (κ2) is 4.18. The zero-order chi connectivity index (χ0) is 11.9. The molecule has 0 aromatic rings. The summed E-state index contributed by atoms with van der Waals surface area (Å²) >= 11 is 0. The smallest absolute Gasteiger partial charge is 0.0307 e. The summed E-state index contributed by atoms with van der Waals surface area (Å²) in [5.74, 6) is 4.45. The second-order valence-electron chi connectivity index (χ2n) is 6.42. The molecule has 4 bridgehead atoms. The summed E-state index contributed by atoms with van der Waals surface area (Å²) in [6.45, 7) is 0. The topological polar surface area (TPSA) is 24.7 Å². The SMILES string of the molecule is C1=CC2CC1CC2C=N/N=C/C1CC2C=CC1C2. The maximum atomic E-state index is 4.31. The Morgan fingerprint density at radius 2 is 1.17 bits per heavy atom. The van der Waals surface area contributed by atoms with Gasteiger partial charge < -0.3 is 0 Å². The molecule has 0 spiro atoms. The van der Waals surface area contributed by atoms with Crippen LogP contribution in [0, 0.1) is 35.5 Å². The van der Waals surface area contributed by atoms with Gasteiger partial charge in [0.15, 0.2) is 0 Å². The minimum Gasteiger partial charge on any atom is -0.164 e. The molecule has 0 aromatic heterocycles. The molecule has 2 heteroatoms. The van der Waals surface area contributed by atoms with Crippen molar-refractivity contribution in [2.45, 2.75) is 25.7 Å². The van der Waals surface area contributed by atoms with Gasteiger partial charge in [-0.2, -0.15) is 10.2 Å². The van der Waals surface area contributed by atoms with E-state index in [-0.39, 0.29) is 0 Å². The third-order valence-electron chi connectivity index (χ3n) is 5.24. The van der Waals surface area contributed by atoms with Gasteiger partial charge in [-0.05, 0) is 49.4 Å². The van der Waals surface area contributed by atoms with Crippen LogP contribution in [0.1, 0.15) is 25.7 Å². The van der Waals surface area contributed by atoms with Crippen LogP contribution in [0.2, 0.25) is 0 Å². The van der Waals surface area contributed by atoms with Gasteiger partial charge in [0, 0.05) is 24.3 Å². The summed E-state index contributed by atoms with van der Waals surface area (Å²) in [5.41, 5.74) is 0. The Kier molecular flexibility index (Phi) is 2.49. The largest absolute Gasteiger partial charge is 0.164 e. The van der Waals surface area contributed by atoms with Crippen molar-refractivity contribution in [2.75, 3.05) is 0 Å². The predicted molar refractivity (Wildman–Crippen MR) is 74.7 cm³/mol. The number of allylic oxidation sites excluding steroid dienone is 4. The van der Waals surface area contributed by atoms with Crippen LogP contribution in [-0.4, -0.2) is 12.4 Å². The highest BCUT2D eigenvalue weighted by Gasteiger charge is 2.35. The third kappa shape index (κ3) is 1.79. The highest BCUT2D eigenvalue weighted by Crippen LogP contribution is 2.43. The van der Waals surface area contributed by atoms with Crippen LogP contribution >= 0.6 is 0 Å². The summed E-state index contributed by atoms with van der Waals surface area (Å²) in [5, 5.41) is 8.61. The van der Waals surface area contributed by atoms with Crippen molar-refractivity contribution >= 4 is 12.4 Å². The lowest BCUT2D eigenvalue weighted by atomic mass is 9.95. The average Bonchev–Trinajstić information content (AvgIpc) is 3.13. The first-order valence-corrected chi connectivity index (χ1v) is 7.32. The molecule has 94 valence electrons. The highest BCUT2D eigenvalue weighted by molar-refractivity contribution is 5.66. The quantitative estimate of drug-likeness (QED) is 0.410. The fraction of sp³-hybridized carbons (Fsp3) is 0.625. The third-order valence-corrected chi connectivity index (χ3v) is 5.24. The first-order valence-electron chi connectivity index (χ1n) is 7.32. The molecule has 0 radical (unpaired) electrons. The van der Waals surface area contributed by atoms with Gasteiger partial charge in [0.1, 0.15) is 0 Å². The molecule has 2 nitrogen and oxygen atoms in total. The Balaban J connectivity index is 1.33. The summed E-state index contributed by atoms with van der Waals surface area (Å²) in [6.07, 6.45) is 18.9. The van der Waals surface area contributed by atoms with Gasteiger partial charge in [-0.1, -0.05) is 24.3 Å². The molecular formula is C16H20N2. The molecule has 0 amide bonds. The Labute approximate surface area is 109 Å². The number of fused-ring (bicyclic) bond motifs is 4. The van der Waals surface area contributed by atoms with Gasteiger partial charge in [-0.3, -0.25) is 0 Å². The molecule has 0 N–H and O–H groups in total. The van der Waals surface area contributed by atoms with Crippen LogP contribution < -0.4 is 0 Å². The molecule has 2 saturated carbocycles. The minimum absolute atomic E-state index is 0.650. The first-order chi connectivity index (χ1) is 8.88. The van der Waals surface area contributed by atoms with E-state index < -0.39 is 0 Å². The van der Waals surface area contributed by atoms with E-state index in [9.17, 15) is 0 Å². The van der Waals surface area contributed by atoms with E-state index in [4.69, 9.17) is 0 Å². The van der Waals surface area contributed by atoms with Gasteiger partial charge in [0.2, 0.25) is 0 Å². The number of nitrogens with zero attached hydrogens (tertiary/aromatic N) is 2. The molecule has 6 unspecified atom stereocenters. The maximum Gasteiger partial charge on any atom is 0.0307 e. The average molecular weight is 240 g/mol. The van der Waals surface area contributed by atoms with Gasteiger partial charge in [-0.15, -0.1) is 0 Å². The molecule has 18 heavy (non-hydrogen) atoms. The highest BCUT2D eigenvalue weighted by atomic mass is 15.2. The molecular weight excluding hydrogens is 220 g/mol. The molecule has 0 aliphatic heterocycles. The number of rotatable bonds is 3. The molecule has 0 aromatic carbocycles. The normalized spacial score (nSPS) is 48.4. The second-order valence-corrected chi connectivity index (χ2v) is 6.42. The Hall–Kier alpha value is -1.18. The van der Waals surface area contributed by atoms with Gasteiger partial charge in [0.25, 0.3) is 0 Å². The number of hydrogen-bond acceptors (Lipinski definition) is 2. The van der Waals surface area contributed by atoms with Crippen LogP contribution in [0.15, 0.2) is 34.5 Å². The van der Waals surface area contributed by atoms with Gasteiger partial charge in [0.05, 0.1) is 0 Å². The van der Waals surface area contributed by atoms with Crippen LogP contribution in [0.4, 0.5) is 0 Å². The Morgan fingerprint density at radius 3 is 1.50 bits per heavy atom. The zero-order valence-electron chi connectivity index (χ0n) is 10.7. The Morgan fingerprint density at radius 1 is 0.667 bits per heavy atom. The van der Waals surface area contributed by atoms with Crippen LogP contribution in [0.5, 0.6) is 0 Å². The van der Waals surface area contributed by atoms with Crippen molar-refractivity contribution in [3.63, 3.8) is 0 Å². The lowest BCUT2D eigenvalue weighted by molar-refractivity contribution is 0.589. The Bertz CT molecular complexity index is 404. The van der Waals surface area contributed by atoms with E-state index in [0.29, 0.717) is 11.8 Å². The number of hydrogen-bond donors (Lipinski definition) is 0. The fourth-order valence-electron chi connectivity index (χ4n) is 4.24. The monoisotopic (exact) mass is 240 g/mol. The van der Waals surface area contributed by atoms with E-state index in [1.165, 1.54) is 25.7 Å². The molecule has 0 saturated heterocycles. The lowest BCUT2D eigenvalue weighted by Gasteiger charge is -2.12. The van der Waals surface area contributed by atoms with E-state index in [2.05, 4.69) is 46.9 Å². The lowest BCUT2D eigenvalue weighted by Crippen LogP contribution is -2.09. The van der Waals surface area contributed by atoms with Crippen molar-refractivity contribution in [1.82, 2.24) is 0 Å². The van der Waals surface area contributed by atoms with E-state index >= 15 is 0 Å². The van der Waals surface area contributed by atoms with E-state index in [0.717, 1.165) is 23.7 Å². The first kappa shape index (κ1) is 10.7. The maximum absolute atomic E-state index is 4.31. The van der Waals surface area contributed by atoms with Crippen LogP contribution in [0.3, 0.4) is 0 Å². The van der Waals surface area contributed by atoms with Crippen LogP contribution in [0.25, 0.3) is 0 Å². The van der Waals surface area contributed by atoms with E-state index in [1.54, 1.807) is 0 Å². The van der Waals surface area contributed by atoms with Gasteiger partial charge in [-0.25, -0.2) is 0 Å². The van der Waals surface area contributed by atoms with Gasteiger partial charge >= 0.3 is 0 Å². The predicted octanol–water partition coefficient (Wildman–Crippen LogP) is 3.47.